The van der Waals surface area contributed by atoms with E-state index in [2.05, 4.69) is 0 Å². The minimum atomic E-state index is -3.94. The number of ether oxygens (including phenoxy) is 2. The Morgan fingerprint density at radius 2 is 1.88 bits per heavy atom. The molecule has 9 heteroatoms. The Bertz CT molecular complexity index is 773. The standard InChI is InChI=1S/C16H18FNO6S/c17-12-3-1-2-4-14(12)25(21,22)18-8-5-11(6-9-18)15(19)24-13-7-10-23-16(13)20/h1-4,11,13H,5-10H2. The molecule has 2 saturated heterocycles. The van der Waals surface area contributed by atoms with Gasteiger partial charge < -0.3 is 9.47 Å². The van der Waals surface area contributed by atoms with Crippen LogP contribution in [0.2, 0.25) is 0 Å². The number of hydrogen-bond acceptors (Lipinski definition) is 6. The molecule has 0 saturated carbocycles. The summed E-state index contributed by atoms with van der Waals surface area (Å²) in [7, 11) is -3.94. The Labute approximate surface area is 144 Å². The minimum absolute atomic E-state index is 0.0888. The normalized spacial score (nSPS) is 22.6. The summed E-state index contributed by atoms with van der Waals surface area (Å²) < 4.78 is 49.9. The van der Waals surface area contributed by atoms with Crippen molar-refractivity contribution in [1.82, 2.24) is 4.31 Å². The van der Waals surface area contributed by atoms with Gasteiger partial charge in [-0.1, -0.05) is 12.1 Å². The summed E-state index contributed by atoms with van der Waals surface area (Å²) in [5.41, 5.74) is 0. The van der Waals surface area contributed by atoms with Gasteiger partial charge >= 0.3 is 11.9 Å². The van der Waals surface area contributed by atoms with Gasteiger partial charge in [0.15, 0.2) is 0 Å². The fourth-order valence-corrected chi connectivity index (χ4v) is 4.48. The predicted molar refractivity (Wildman–Crippen MR) is 83.3 cm³/mol. The Kier molecular flexibility index (Phi) is 5.05. The highest BCUT2D eigenvalue weighted by Gasteiger charge is 2.37. The van der Waals surface area contributed by atoms with Crippen molar-refractivity contribution in [3.05, 3.63) is 30.1 Å². The first kappa shape index (κ1) is 17.8. The lowest BCUT2D eigenvalue weighted by Gasteiger charge is -2.30. The van der Waals surface area contributed by atoms with Crippen molar-refractivity contribution >= 4 is 22.0 Å². The van der Waals surface area contributed by atoms with Crippen LogP contribution in [-0.4, -0.2) is 50.5 Å². The fraction of sp³-hybridized carbons (Fsp3) is 0.500. The maximum atomic E-state index is 13.8. The molecule has 2 aliphatic rings. The van der Waals surface area contributed by atoms with E-state index in [0.717, 1.165) is 6.07 Å². The fourth-order valence-electron chi connectivity index (χ4n) is 2.95. The molecule has 0 N–H and O–H groups in total. The average molecular weight is 371 g/mol. The summed E-state index contributed by atoms with van der Waals surface area (Å²) in [6, 6.07) is 5.19. The molecule has 1 unspecified atom stereocenters. The van der Waals surface area contributed by atoms with Crippen molar-refractivity contribution in [3.8, 4) is 0 Å². The molecular weight excluding hydrogens is 353 g/mol. The summed E-state index contributed by atoms with van der Waals surface area (Å²) >= 11 is 0. The zero-order valence-electron chi connectivity index (χ0n) is 13.4. The van der Waals surface area contributed by atoms with Crippen molar-refractivity contribution in [3.63, 3.8) is 0 Å². The quantitative estimate of drug-likeness (QED) is 0.736. The first-order valence-electron chi connectivity index (χ1n) is 8.01. The van der Waals surface area contributed by atoms with Gasteiger partial charge in [-0.05, 0) is 25.0 Å². The third-order valence-corrected chi connectivity index (χ3v) is 6.32. The van der Waals surface area contributed by atoms with E-state index in [1.165, 1.54) is 22.5 Å². The number of esters is 2. The van der Waals surface area contributed by atoms with Crippen molar-refractivity contribution in [2.45, 2.75) is 30.3 Å². The largest absolute Gasteiger partial charge is 0.463 e. The van der Waals surface area contributed by atoms with E-state index in [-0.39, 0.29) is 37.4 Å². The van der Waals surface area contributed by atoms with Gasteiger partial charge in [0, 0.05) is 19.5 Å². The van der Waals surface area contributed by atoms with Crippen LogP contribution in [-0.2, 0) is 29.1 Å². The van der Waals surface area contributed by atoms with E-state index in [9.17, 15) is 22.4 Å². The monoisotopic (exact) mass is 371 g/mol. The summed E-state index contributed by atoms with van der Waals surface area (Å²) in [5, 5.41) is 0. The van der Waals surface area contributed by atoms with Crippen LogP contribution in [0.5, 0.6) is 0 Å². The van der Waals surface area contributed by atoms with Gasteiger partial charge in [0.05, 0.1) is 12.5 Å². The smallest absolute Gasteiger partial charge is 0.347 e. The number of cyclic esters (lactones) is 1. The molecule has 2 aliphatic heterocycles. The maximum absolute atomic E-state index is 13.8. The molecule has 0 radical (unpaired) electrons. The lowest BCUT2D eigenvalue weighted by atomic mass is 9.98. The Hall–Kier alpha value is -2.00. The predicted octanol–water partition coefficient (Wildman–Crippen LogP) is 1.09. The molecule has 0 aromatic heterocycles. The van der Waals surface area contributed by atoms with E-state index in [1.807, 2.05) is 0 Å². The number of hydrogen-bond donors (Lipinski definition) is 0. The van der Waals surface area contributed by atoms with E-state index >= 15 is 0 Å². The molecule has 3 rings (SSSR count). The molecule has 1 atom stereocenters. The number of nitrogens with zero attached hydrogens (tertiary/aromatic N) is 1. The molecule has 7 nitrogen and oxygen atoms in total. The summed E-state index contributed by atoms with van der Waals surface area (Å²) in [6.07, 6.45) is -0.0131. The SMILES string of the molecule is O=C(OC1CCOC1=O)C1CCN(S(=O)(=O)c2ccccc2F)CC1. The third kappa shape index (κ3) is 3.67. The van der Waals surface area contributed by atoms with Gasteiger partial charge in [-0.15, -0.1) is 0 Å². The number of rotatable bonds is 4. The molecule has 0 spiro atoms. The van der Waals surface area contributed by atoms with Gasteiger partial charge in [0.2, 0.25) is 16.1 Å². The van der Waals surface area contributed by atoms with Gasteiger partial charge in [-0.3, -0.25) is 4.79 Å². The average Bonchev–Trinajstić information content (AvgIpc) is 3.00. The zero-order valence-corrected chi connectivity index (χ0v) is 14.2. The number of carbonyl (C=O) groups is 2. The Morgan fingerprint density at radius 3 is 2.48 bits per heavy atom. The number of carbonyl (C=O) groups excluding carboxylic acids is 2. The van der Waals surface area contributed by atoms with Crippen molar-refractivity contribution < 1.29 is 31.9 Å². The van der Waals surface area contributed by atoms with Crippen LogP contribution in [0.25, 0.3) is 0 Å². The number of benzene rings is 1. The van der Waals surface area contributed by atoms with Gasteiger partial charge in [-0.2, -0.15) is 4.31 Å². The van der Waals surface area contributed by atoms with Gasteiger partial charge in [0.25, 0.3) is 0 Å². The highest BCUT2D eigenvalue weighted by atomic mass is 32.2. The van der Waals surface area contributed by atoms with E-state index in [1.54, 1.807) is 0 Å². The van der Waals surface area contributed by atoms with E-state index in [4.69, 9.17) is 9.47 Å². The number of piperidine rings is 1. The molecule has 2 fully saturated rings. The molecule has 0 bridgehead atoms. The van der Waals surface area contributed by atoms with Crippen LogP contribution in [0.1, 0.15) is 19.3 Å². The van der Waals surface area contributed by atoms with Crippen LogP contribution in [0.4, 0.5) is 4.39 Å². The summed E-state index contributed by atoms with van der Waals surface area (Å²) in [5.74, 6) is -2.36. The van der Waals surface area contributed by atoms with Crippen LogP contribution in [0.15, 0.2) is 29.2 Å². The van der Waals surface area contributed by atoms with Crippen molar-refractivity contribution in [1.29, 1.82) is 0 Å². The molecule has 25 heavy (non-hydrogen) atoms. The first-order chi connectivity index (χ1) is 11.9. The highest BCUT2D eigenvalue weighted by Crippen LogP contribution is 2.26. The van der Waals surface area contributed by atoms with Crippen molar-refractivity contribution in [2.75, 3.05) is 19.7 Å². The van der Waals surface area contributed by atoms with Gasteiger partial charge in [-0.25, -0.2) is 17.6 Å². The molecule has 1 aromatic carbocycles. The molecule has 0 aliphatic carbocycles. The minimum Gasteiger partial charge on any atom is -0.463 e. The van der Waals surface area contributed by atoms with Crippen molar-refractivity contribution in [2.24, 2.45) is 5.92 Å². The highest BCUT2D eigenvalue weighted by molar-refractivity contribution is 7.89. The molecule has 136 valence electrons. The summed E-state index contributed by atoms with van der Waals surface area (Å²) in [4.78, 5) is 23.1. The second kappa shape index (κ2) is 7.09. The lowest BCUT2D eigenvalue weighted by Crippen LogP contribution is -2.41. The summed E-state index contributed by atoms with van der Waals surface area (Å²) in [6.45, 7) is 0.410. The van der Waals surface area contributed by atoms with Gasteiger partial charge in [0.1, 0.15) is 10.7 Å². The Balaban J connectivity index is 1.61. The number of halogens is 1. The topological polar surface area (TPSA) is 90.0 Å². The van der Waals surface area contributed by atoms with Crippen LogP contribution < -0.4 is 0 Å². The molecule has 2 heterocycles. The van der Waals surface area contributed by atoms with E-state index in [0.29, 0.717) is 6.42 Å². The first-order valence-corrected chi connectivity index (χ1v) is 9.45. The van der Waals surface area contributed by atoms with Crippen LogP contribution in [0, 0.1) is 11.7 Å². The number of sulfonamides is 1. The second-order valence-electron chi connectivity index (χ2n) is 5.99. The molecular formula is C16H18FNO6S. The maximum Gasteiger partial charge on any atom is 0.347 e. The van der Waals surface area contributed by atoms with Crippen LogP contribution >= 0.6 is 0 Å². The lowest BCUT2D eigenvalue weighted by molar-refractivity contribution is -0.164. The van der Waals surface area contributed by atoms with E-state index < -0.39 is 39.8 Å². The van der Waals surface area contributed by atoms with Crippen LogP contribution in [0.3, 0.4) is 0 Å². The zero-order chi connectivity index (χ0) is 18.0. The Morgan fingerprint density at radius 1 is 1.20 bits per heavy atom. The molecule has 1 aromatic rings. The third-order valence-electron chi connectivity index (χ3n) is 4.39. The molecule has 0 amide bonds. The second-order valence-corrected chi connectivity index (χ2v) is 7.90.